The van der Waals surface area contributed by atoms with E-state index in [2.05, 4.69) is 5.32 Å². The van der Waals surface area contributed by atoms with E-state index in [4.69, 9.17) is 0 Å². The minimum atomic E-state index is -3.92. The van der Waals surface area contributed by atoms with Gasteiger partial charge in [-0.05, 0) is 41.3 Å². The van der Waals surface area contributed by atoms with Crippen LogP contribution < -0.4 is 5.32 Å². The number of fused-ring (bicyclic) bond motifs is 1. The Balaban J connectivity index is 1.84. The molecule has 0 spiro atoms. The van der Waals surface area contributed by atoms with Crippen LogP contribution in [0.25, 0.3) is 10.8 Å². The lowest BCUT2D eigenvalue weighted by Crippen LogP contribution is -2.51. The van der Waals surface area contributed by atoms with Crippen LogP contribution in [0.2, 0.25) is 0 Å². The monoisotopic (exact) mass is 509 g/mol. The largest absolute Gasteiger partial charge is 0.354 e. The predicted octanol–water partition coefficient (Wildman–Crippen LogP) is 4.18. The van der Waals surface area contributed by atoms with Crippen molar-refractivity contribution in [2.45, 2.75) is 50.6 Å². The lowest BCUT2D eigenvalue weighted by atomic mass is 10.1. The molecule has 1 atom stereocenters. The summed E-state index contributed by atoms with van der Waals surface area (Å²) in [6, 6.07) is 21.1. The maximum atomic E-state index is 13.5. The Morgan fingerprint density at radius 2 is 1.58 bits per heavy atom. The van der Waals surface area contributed by atoms with Gasteiger partial charge < -0.3 is 10.2 Å². The number of hydrogen-bond donors (Lipinski definition) is 1. The van der Waals surface area contributed by atoms with Gasteiger partial charge in [-0.25, -0.2) is 8.42 Å². The third-order valence-electron chi connectivity index (χ3n) is 6.20. The summed E-state index contributed by atoms with van der Waals surface area (Å²) in [6.45, 7) is 4.27. The van der Waals surface area contributed by atoms with Crippen molar-refractivity contribution in [3.05, 3.63) is 78.4 Å². The van der Waals surface area contributed by atoms with E-state index in [-0.39, 0.29) is 23.9 Å². The molecule has 3 rings (SSSR count). The maximum absolute atomic E-state index is 13.5. The first kappa shape index (κ1) is 27.4. The molecule has 0 saturated carbocycles. The zero-order valence-electron chi connectivity index (χ0n) is 21.2. The molecule has 0 aliphatic carbocycles. The molecule has 0 fully saturated rings. The van der Waals surface area contributed by atoms with Gasteiger partial charge in [0.15, 0.2) is 0 Å². The topological polar surface area (TPSA) is 86.8 Å². The lowest BCUT2D eigenvalue weighted by Gasteiger charge is -2.32. The van der Waals surface area contributed by atoms with Crippen molar-refractivity contribution in [2.24, 2.45) is 0 Å². The Hall–Kier alpha value is -3.23. The molecule has 0 heterocycles. The summed E-state index contributed by atoms with van der Waals surface area (Å²) < 4.78 is 27.7. The van der Waals surface area contributed by atoms with Crippen molar-refractivity contribution >= 4 is 32.6 Å². The molecule has 0 aromatic heterocycles. The molecule has 0 aliphatic rings. The van der Waals surface area contributed by atoms with Gasteiger partial charge in [0.2, 0.25) is 21.8 Å². The first-order chi connectivity index (χ1) is 17.3. The normalized spacial score (nSPS) is 12.4. The summed E-state index contributed by atoms with van der Waals surface area (Å²) in [5.41, 5.74) is 0.866. The quantitative estimate of drug-likeness (QED) is 0.371. The summed E-state index contributed by atoms with van der Waals surface area (Å²) in [5, 5.41) is 4.66. The predicted molar refractivity (Wildman–Crippen MR) is 143 cm³/mol. The number of nitrogens with one attached hydrogen (secondary N) is 1. The first-order valence-electron chi connectivity index (χ1n) is 12.3. The van der Waals surface area contributed by atoms with Gasteiger partial charge in [-0.15, -0.1) is 0 Å². The minimum absolute atomic E-state index is 0.121. The third kappa shape index (κ3) is 6.71. The highest BCUT2D eigenvalue weighted by atomic mass is 32.2. The molecule has 7 nitrogen and oxygen atoms in total. The number of amides is 2. The molecule has 1 unspecified atom stereocenters. The highest BCUT2D eigenvalue weighted by molar-refractivity contribution is 7.89. The van der Waals surface area contributed by atoms with Crippen LogP contribution in [-0.2, 0) is 26.2 Å². The van der Waals surface area contributed by atoms with E-state index in [9.17, 15) is 18.0 Å². The number of hydrogen-bond acceptors (Lipinski definition) is 4. The van der Waals surface area contributed by atoms with Crippen LogP contribution in [0.5, 0.6) is 0 Å². The number of unbranched alkanes of at least 4 members (excludes halogenated alkanes) is 1. The van der Waals surface area contributed by atoms with Crippen LogP contribution in [0.4, 0.5) is 0 Å². The second kappa shape index (κ2) is 12.6. The van der Waals surface area contributed by atoms with Gasteiger partial charge in [-0.2, -0.15) is 4.31 Å². The highest BCUT2D eigenvalue weighted by Gasteiger charge is 2.31. The van der Waals surface area contributed by atoms with Gasteiger partial charge in [-0.3, -0.25) is 9.59 Å². The molecule has 0 bridgehead atoms. The van der Waals surface area contributed by atoms with Crippen LogP contribution in [0.3, 0.4) is 0 Å². The van der Waals surface area contributed by atoms with Crippen molar-refractivity contribution < 1.29 is 18.0 Å². The van der Waals surface area contributed by atoms with Crippen LogP contribution >= 0.6 is 0 Å². The van der Waals surface area contributed by atoms with Gasteiger partial charge in [0.05, 0.1) is 11.4 Å². The van der Waals surface area contributed by atoms with E-state index in [0.717, 1.165) is 33.5 Å². The van der Waals surface area contributed by atoms with Crippen molar-refractivity contribution in [1.29, 1.82) is 0 Å². The van der Waals surface area contributed by atoms with E-state index in [1.165, 1.54) is 11.9 Å². The zero-order chi connectivity index (χ0) is 26.1. The van der Waals surface area contributed by atoms with Crippen molar-refractivity contribution in [1.82, 2.24) is 14.5 Å². The molecule has 1 N–H and O–H groups in total. The molecular formula is C28H35N3O4S. The van der Waals surface area contributed by atoms with E-state index < -0.39 is 22.0 Å². The molecule has 2 amide bonds. The van der Waals surface area contributed by atoms with Crippen molar-refractivity contribution in [2.75, 3.05) is 20.1 Å². The maximum Gasteiger partial charge on any atom is 0.243 e. The molecule has 8 heteroatoms. The molecule has 0 radical (unpaired) electrons. The molecule has 36 heavy (non-hydrogen) atoms. The fourth-order valence-corrected chi connectivity index (χ4v) is 5.24. The summed E-state index contributed by atoms with van der Waals surface area (Å²) in [5.74, 6) is -0.654. The third-order valence-corrected chi connectivity index (χ3v) is 8.00. The van der Waals surface area contributed by atoms with Crippen LogP contribution in [0, 0.1) is 0 Å². The van der Waals surface area contributed by atoms with Gasteiger partial charge >= 0.3 is 0 Å². The van der Waals surface area contributed by atoms with Gasteiger partial charge in [0, 0.05) is 20.1 Å². The van der Waals surface area contributed by atoms with Gasteiger partial charge in [-0.1, -0.05) is 80.9 Å². The van der Waals surface area contributed by atoms with E-state index >= 15 is 0 Å². The van der Waals surface area contributed by atoms with E-state index in [1.807, 2.05) is 68.4 Å². The summed E-state index contributed by atoms with van der Waals surface area (Å²) in [7, 11) is -2.52. The number of rotatable bonds is 12. The minimum Gasteiger partial charge on any atom is -0.354 e. The molecule has 0 saturated heterocycles. The smallest absolute Gasteiger partial charge is 0.243 e. The summed E-state index contributed by atoms with van der Waals surface area (Å²) in [6.07, 6.45) is 2.21. The van der Waals surface area contributed by atoms with Crippen LogP contribution in [0.1, 0.15) is 38.7 Å². The van der Waals surface area contributed by atoms with E-state index in [0.29, 0.717) is 13.0 Å². The Labute approximate surface area is 214 Å². The lowest BCUT2D eigenvalue weighted by molar-refractivity contribution is -0.141. The second-order valence-electron chi connectivity index (χ2n) is 8.85. The number of likely N-dealkylation sites (N-methyl/N-ethyl adjacent to an activating group) is 1. The second-order valence-corrected chi connectivity index (χ2v) is 10.9. The number of carbonyl (C=O) groups is 2. The number of benzene rings is 3. The fourth-order valence-electron chi connectivity index (χ4n) is 4.08. The number of carbonyl (C=O) groups excluding carboxylic acids is 2. The summed E-state index contributed by atoms with van der Waals surface area (Å²) in [4.78, 5) is 28.1. The van der Waals surface area contributed by atoms with Crippen molar-refractivity contribution in [3.63, 3.8) is 0 Å². The molecule has 3 aromatic rings. The SMILES string of the molecule is CCCCNC(=O)C(CC)N(Cc1ccccc1)C(=O)CN(C)S(=O)(=O)c1ccc2ccccc2c1. The summed E-state index contributed by atoms with van der Waals surface area (Å²) >= 11 is 0. The Kier molecular flexibility index (Phi) is 9.61. The van der Waals surface area contributed by atoms with Gasteiger partial charge in [0.1, 0.15) is 6.04 Å². The Morgan fingerprint density at radius 1 is 0.917 bits per heavy atom. The van der Waals surface area contributed by atoms with Crippen LogP contribution in [-0.4, -0.2) is 55.6 Å². The van der Waals surface area contributed by atoms with Crippen molar-refractivity contribution in [3.8, 4) is 0 Å². The van der Waals surface area contributed by atoms with Crippen LogP contribution in [0.15, 0.2) is 77.7 Å². The number of nitrogens with zero attached hydrogens (tertiary/aromatic N) is 2. The molecule has 3 aromatic carbocycles. The zero-order valence-corrected chi connectivity index (χ0v) is 22.0. The van der Waals surface area contributed by atoms with E-state index in [1.54, 1.807) is 18.2 Å². The Bertz CT molecular complexity index is 1280. The standard InChI is InChI=1S/C28H35N3O4S/c1-4-6-18-29-28(33)26(5-2)31(20-22-12-8-7-9-13-22)27(32)21-30(3)36(34,35)25-17-16-23-14-10-11-15-24(23)19-25/h7-17,19,26H,4-6,18,20-21H2,1-3H3,(H,29,33). The molecular weight excluding hydrogens is 474 g/mol. The molecule has 0 aliphatic heterocycles. The fraction of sp³-hybridized carbons (Fsp3) is 0.357. The van der Waals surface area contributed by atoms with Gasteiger partial charge in [0.25, 0.3) is 0 Å². The highest BCUT2D eigenvalue weighted by Crippen LogP contribution is 2.22. The Morgan fingerprint density at radius 3 is 2.25 bits per heavy atom. The molecule has 192 valence electrons. The average Bonchev–Trinajstić information content (AvgIpc) is 2.88. The average molecular weight is 510 g/mol. The number of sulfonamides is 1. The first-order valence-corrected chi connectivity index (χ1v) is 13.8.